The first-order valence-corrected chi connectivity index (χ1v) is 10.3. The molecule has 4 aromatic rings. The second kappa shape index (κ2) is 6.70. The summed E-state index contributed by atoms with van der Waals surface area (Å²) in [4.78, 5) is 30.9. The molecule has 0 bridgehead atoms. The summed E-state index contributed by atoms with van der Waals surface area (Å²) in [6, 6.07) is 9.40. The molecule has 3 heterocycles. The van der Waals surface area contributed by atoms with E-state index in [1.54, 1.807) is 10.6 Å². The number of thiazole rings is 1. The fraction of sp³-hybridized carbons (Fsp3) is 0.316. The van der Waals surface area contributed by atoms with Crippen LogP contribution in [-0.2, 0) is 13.6 Å². The molecule has 8 heteroatoms. The van der Waals surface area contributed by atoms with Crippen LogP contribution in [0.3, 0.4) is 0 Å². The molecule has 1 unspecified atom stereocenters. The minimum atomic E-state index is -0.924. The second-order valence-corrected chi connectivity index (χ2v) is 9.07. The minimum Gasteiger partial charge on any atom is -0.380 e. The van der Waals surface area contributed by atoms with Crippen molar-refractivity contribution >= 4 is 43.1 Å². The lowest BCUT2D eigenvalue weighted by atomic mass is 10.2. The van der Waals surface area contributed by atoms with Crippen molar-refractivity contribution in [1.82, 2.24) is 14.1 Å². The van der Waals surface area contributed by atoms with Crippen molar-refractivity contribution in [2.45, 2.75) is 26.5 Å². The maximum atomic E-state index is 12.6. The Hall–Kier alpha value is -2.29. The number of hydrogen-bond donors (Lipinski definition) is 1. The van der Waals surface area contributed by atoms with Crippen LogP contribution in [0.15, 0.2) is 39.9 Å². The number of aliphatic hydroxyl groups is 1. The summed E-state index contributed by atoms with van der Waals surface area (Å²) in [7, 11) is 1.49. The van der Waals surface area contributed by atoms with Gasteiger partial charge in [0.05, 0.1) is 15.6 Å². The van der Waals surface area contributed by atoms with Gasteiger partial charge in [-0.25, -0.2) is 9.78 Å². The topological polar surface area (TPSA) is 77.1 Å². The zero-order chi connectivity index (χ0) is 19.3. The molecule has 0 aliphatic rings. The van der Waals surface area contributed by atoms with Crippen LogP contribution in [0.25, 0.3) is 20.4 Å². The zero-order valence-electron chi connectivity index (χ0n) is 15.2. The Bertz CT molecular complexity index is 1230. The van der Waals surface area contributed by atoms with Gasteiger partial charge in [0, 0.05) is 18.5 Å². The molecule has 0 saturated carbocycles. The number of hydrogen-bond acceptors (Lipinski definition) is 6. The molecule has 1 atom stereocenters. The highest BCUT2D eigenvalue weighted by Crippen LogP contribution is 2.35. The number of thiophene rings is 1. The number of para-hydroxylation sites is 1. The Morgan fingerprint density at radius 3 is 2.63 bits per heavy atom. The van der Waals surface area contributed by atoms with Crippen LogP contribution in [0.5, 0.6) is 0 Å². The van der Waals surface area contributed by atoms with Gasteiger partial charge in [-0.05, 0) is 24.1 Å². The van der Waals surface area contributed by atoms with Crippen LogP contribution in [0.1, 0.15) is 29.8 Å². The van der Waals surface area contributed by atoms with E-state index in [4.69, 9.17) is 0 Å². The molecule has 27 heavy (non-hydrogen) atoms. The third-order valence-electron chi connectivity index (χ3n) is 4.39. The van der Waals surface area contributed by atoms with Gasteiger partial charge in [-0.15, -0.1) is 22.7 Å². The summed E-state index contributed by atoms with van der Waals surface area (Å²) in [6.07, 6.45) is -0.924. The number of benzene rings is 1. The summed E-state index contributed by atoms with van der Waals surface area (Å²) in [5, 5.41) is 11.9. The van der Waals surface area contributed by atoms with E-state index in [1.165, 1.54) is 29.7 Å². The number of aliphatic hydroxyl groups excluding tert-OH is 1. The molecule has 0 radical (unpaired) electrons. The van der Waals surface area contributed by atoms with E-state index in [2.05, 4.69) is 4.98 Å². The van der Waals surface area contributed by atoms with Crippen molar-refractivity contribution < 1.29 is 5.11 Å². The predicted molar refractivity (Wildman–Crippen MR) is 110 cm³/mol. The van der Waals surface area contributed by atoms with Gasteiger partial charge in [0.15, 0.2) is 0 Å². The minimum absolute atomic E-state index is 0.253. The first-order chi connectivity index (χ1) is 12.9. The molecule has 6 nitrogen and oxygen atoms in total. The molecule has 0 saturated heterocycles. The summed E-state index contributed by atoms with van der Waals surface area (Å²) in [5.74, 6) is 0.253. The van der Waals surface area contributed by atoms with Crippen LogP contribution >= 0.6 is 22.7 Å². The lowest BCUT2D eigenvalue weighted by molar-refractivity contribution is 0.224. The second-order valence-electron chi connectivity index (χ2n) is 6.94. The zero-order valence-corrected chi connectivity index (χ0v) is 16.8. The molecule has 4 rings (SSSR count). The van der Waals surface area contributed by atoms with E-state index in [-0.39, 0.29) is 17.2 Å². The van der Waals surface area contributed by atoms with Gasteiger partial charge in [0.2, 0.25) is 0 Å². The van der Waals surface area contributed by atoms with Crippen LogP contribution in [0, 0.1) is 5.92 Å². The third-order valence-corrected chi connectivity index (χ3v) is 6.69. The van der Waals surface area contributed by atoms with Gasteiger partial charge in [0.25, 0.3) is 5.56 Å². The van der Waals surface area contributed by atoms with Gasteiger partial charge >= 0.3 is 5.69 Å². The molecule has 1 aromatic carbocycles. The van der Waals surface area contributed by atoms with Crippen LogP contribution < -0.4 is 11.2 Å². The third kappa shape index (κ3) is 3.03. The highest BCUT2D eigenvalue weighted by molar-refractivity contribution is 7.20. The maximum absolute atomic E-state index is 12.6. The molecule has 3 aromatic heterocycles. The van der Waals surface area contributed by atoms with Crippen LogP contribution in [0.4, 0.5) is 0 Å². The number of fused-ring (bicyclic) bond motifs is 2. The Kier molecular flexibility index (Phi) is 4.49. The highest BCUT2D eigenvalue weighted by atomic mass is 32.1. The molecular weight excluding hydrogens is 382 g/mol. The van der Waals surface area contributed by atoms with E-state index in [0.717, 1.165) is 14.8 Å². The van der Waals surface area contributed by atoms with Gasteiger partial charge in [-0.3, -0.25) is 13.9 Å². The first-order valence-electron chi connectivity index (χ1n) is 8.63. The average Bonchev–Trinajstić information content (AvgIpc) is 3.27. The quantitative estimate of drug-likeness (QED) is 0.570. The van der Waals surface area contributed by atoms with Gasteiger partial charge in [-0.1, -0.05) is 26.0 Å². The Morgan fingerprint density at radius 2 is 1.93 bits per heavy atom. The van der Waals surface area contributed by atoms with E-state index in [0.29, 0.717) is 26.6 Å². The Labute approximate surface area is 163 Å². The highest BCUT2D eigenvalue weighted by Gasteiger charge is 2.22. The lowest BCUT2D eigenvalue weighted by Gasteiger charge is -2.11. The molecule has 0 fully saturated rings. The van der Waals surface area contributed by atoms with E-state index in [1.807, 2.05) is 38.1 Å². The maximum Gasteiger partial charge on any atom is 0.331 e. The molecule has 0 aliphatic carbocycles. The number of rotatable bonds is 4. The van der Waals surface area contributed by atoms with E-state index >= 15 is 0 Å². The number of nitrogens with zero attached hydrogens (tertiary/aromatic N) is 3. The first kappa shape index (κ1) is 18.1. The standard InChI is InChI=1S/C19H19N3O3S2/c1-10(2)9-22-18-11(17(24)21(3)19(22)25)8-14(27-18)15(23)16-20-12-6-4-5-7-13(12)26-16/h4-8,10,15,23H,9H2,1-3H3. The normalized spacial score (nSPS) is 13.1. The molecule has 0 spiro atoms. The largest absolute Gasteiger partial charge is 0.380 e. The number of aromatic nitrogens is 3. The van der Waals surface area contributed by atoms with Crippen molar-refractivity contribution in [2.75, 3.05) is 0 Å². The van der Waals surface area contributed by atoms with E-state index < -0.39 is 6.10 Å². The molecule has 0 aliphatic heterocycles. The fourth-order valence-corrected chi connectivity index (χ4v) is 5.27. The van der Waals surface area contributed by atoms with E-state index in [9.17, 15) is 14.7 Å². The lowest BCUT2D eigenvalue weighted by Crippen LogP contribution is -2.38. The smallest absolute Gasteiger partial charge is 0.331 e. The van der Waals surface area contributed by atoms with Crippen molar-refractivity contribution in [3.63, 3.8) is 0 Å². The van der Waals surface area contributed by atoms with Gasteiger partial charge in [-0.2, -0.15) is 0 Å². The monoisotopic (exact) mass is 401 g/mol. The molecule has 140 valence electrons. The molecule has 0 amide bonds. The van der Waals surface area contributed by atoms with Gasteiger partial charge in [0.1, 0.15) is 15.9 Å². The average molecular weight is 402 g/mol. The van der Waals surface area contributed by atoms with Crippen molar-refractivity contribution in [3.8, 4) is 0 Å². The fourth-order valence-electron chi connectivity index (χ4n) is 3.08. The summed E-state index contributed by atoms with van der Waals surface area (Å²) in [6.45, 7) is 4.56. The van der Waals surface area contributed by atoms with Crippen LogP contribution in [-0.4, -0.2) is 19.2 Å². The predicted octanol–water partition coefficient (Wildman–Crippen LogP) is 3.11. The summed E-state index contributed by atoms with van der Waals surface area (Å²) >= 11 is 2.71. The van der Waals surface area contributed by atoms with Crippen molar-refractivity contribution in [2.24, 2.45) is 13.0 Å². The summed E-state index contributed by atoms with van der Waals surface area (Å²) < 4.78 is 3.76. The SMILES string of the molecule is CC(C)Cn1c(=O)n(C)c(=O)c2cc(C(O)c3nc4ccccc4s3)sc21. The molecule has 1 N–H and O–H groups in total. The Morgan fingerprint density at radius 1 is 1.19 bits per heavy atom. The molecular formula is C19H19N3O3S2. The van der Waals surface area contributed by atoms with Gasteiger partial charge < -0.3 is 5.11 Å². The Balaban J connectivity index is 1.88. The summed E-state index contributed by atoms with van der Waals surface area (Å²) in [5.41, 5.74) is 0.170. The van der Waals surface area contributed by atoms with Crippen molar-refractivity contribution in [3.05, 3.63) is 61.1 Å². The van der Waals surface area contributed by atoms with Crippen LogP contribution in [0.2, 0.25) is 0 Å². The van der Waals surface area contributed by atoms with Crippen molar-refractivity contribution in [1.29, 1.82) is 0 Å².